The maximum absolute atomic E-state index is 12.3. The molecule has 2 heterocycles. The Kier molecular flexibility index (Phi) is 5.78. The third-order valence-corrected chi connectivity index (χ3v) is 4.87. The zero-order chi connectivity index (χ0) is 19.4. The van der Waals surface area contributed by atoms with Crippen molar-refractivity contribution in [3.8, 4) is 5.75 Å². The molecule has 7 nitrogen and oxygen atoms in total. The number of ether oxygens (including phenoxy) is 1. The average molecular weight is 372 g/mol. The molecule has 2 N–H and O–H groups in total. The van der Waals surface area contributed by atoms with Gasteiger partial charge in [-0.15, -0.1) is 0 Å². The quantitative estimate of drug-likeness (QED) is 0.749. The molecule has 1 aromatic heterocycles. The van der Waals surface area contributed by atoms with Gasteiger partial charge >= 0.3 is 5.63 Å². The fourth-order valence-electron chi connectivity index (χ4n) is 3.46. The Hall–Kier alpha value is -2.83. The molecule has 0 radical (unpaired) electrons. The molecule has 0 spiro atoms. The van der Waals surface area contributed by atoms with Gasteiger partial charge < -0.3 is 19.8 Å². The summed E-state index contributed by atoms with van der Waals surface area (Å²) in [4.78, 5) is 37.0. The third kappa shape index (κ3) is 4.30. The molecule has 0 aliphatic carbocycles. The Morgan fingerprint density at radius 2 is 2.15 bits per heavy atom. The number of primary amides is 1. The Morgan fingerprint density at radius 1 is 1.33 bits per heavy atom. The smallest absolute Gasteiger partial charge is 0.336 e. The van der Waals surface area contributed by atoms with E-state index in [-0.39, 0.29) is 12.5 Å². The van der Waals surface area contributed by atoms with Crippen LogP contribution >= 0.6 is 0 Å². The summed E-state index contributed by atoms with van der Waals surface area (Å²) in [7, 11) is 0. The number of rotatable bonds is 7. The Bertz CT molecular complexity index is 905. The number of nitrogens with two attached hydrogens (primary N) is 1. The molecule has 1 aliphatic heterocycles. The summed E-state index contributed by atoms with van der Waals surface area (Å²) in [5.41, 5.74) is 6.33. The standard InChI is InChI=1S/C20H24N2O5/c1-2-3-5-13-10-19(24)27-17-11-14(7-8-15(13)17)26-12-18(23)22-9-4-6-16(22)20(21)25/h7-8,10-11,16H,2-6,9,12H2,1H3,(H2,21,25)/t16-/m1/s1. The van der Waals surface area contributed by atoms with E-state index in [1.54, 1.807) is 12.1 Å². The Labute approximate surface area is 157 Å². The van der Waals surface area contributed by atoms with Crippen LogP contribution < -0.4 is 16.1 Å². The number of carbonyl (C=O) groups is 2. The van der Waals surface area contributed by atoms with E-state index >= 15 is 0 Å². The molecule has 2 amide bonds. The number of carbonyl (C=O) groups excluding carboxylic acids is 2. The SMILES string of the molecule is CCCCc1cc(=O)oc2cc(OCC(=O)N3CCC[C@@H]3C(N)=O)ccc12. The van der Waals surface area contributed by atoms with Gasteiger partial charge in [0.05, 0.1) is 0 Å². The maximum atomic E-state index is 12.3. The predicted molar refractivity (Wildman–Crippen MR) is 101 cm³/mol. The minimum absolute atomic E-state index is 0.199. The monoisotopic (exact) mass is 372 g/mol. The van der Waals surface area contributed by atoms with Crippen molar-refractivity contribution >= 4 is 22.8 Å². The van der Waals surface area contributed by atoms with Crippen molar-refractivity contribution in [2.75, 3.05) is 13.2 Å². The highest BCUT2D eigenvalue weighted by Crippen LogP contribution is 2.24. The number of aryl methyl sites for hydroxylation is 1. The van der Waals surface area contributed by atoms with Crippen LogP contribution in [0.2, 0.25) is 0 Å². The Balaban J connectivity index is 1.73. The number of fused-ring (bicyclic) bond motifs is 1. The van der Waals surface area contributed by atoms with Crippen molar-refractivity contribution in [3.63, 3.8) is 0 Å². The molecule has 1 saturated heterocycles. The molecule has 7 heteroatoms. The average Bonchev–Trinajstić information content (AvgIpc) is 3.14. The van der Waals surface area contributed by atoms with Gasteiger partial charge in [0.1, 0.15) is 17.4 Å². The van der Waals surface area contributed by atoms with E-state index in [0.717, 1.165) is 36.6 Å². The molecule has 27 heavy (non-hydrogen) atoms. The topological polar surface area (TPSA) is 103 Å². The molecule has 1 aromatic carbocycles. The molecule has 1 aliphatic rings. The van der Waals surface area contributed by atoms with E-state index in [0.29, 0.717) is 24.3 Å². The normalized spacial score (nSPS) is 16.6. The fraction of sp³-hybridized carbons (Fsp3) is 0.450. The van der Waals surface area contributed by atoms with Crippen molar-refractivity contribution in [2.45, 2.75) is 45.1 Å². The van der Waals surface area contributed by atoms with Gasteiger partial charge in [-0.05, 0) is 43.4 Å². The second-order valence-electron chi connectivity index (χ2n) is 6.79. The number of nitrogens with zero attached hydrogens (tertiary/aromatic N) is 1. The molecule has 1 fully saturated rings. The number of unbranched alkanes of at least 4 members (excludes halogenated alkanes) is 1. The van der Waals surface area contributed by atoms with Gasteiger partial charge in [0.2, 0.25) is 5.91 Å². The lowest BCUT2D eigenvalue weighted by atomic mass is 10.0. The summed E-state index contributed by atoms with van der Waals surface area (Å²) in [6.07, 6.45) is 4.17. The largest absolute Gasteiger partial charge is 0.484 e. The zero-order valence-corrected chi connectivity index (χ0v) is 15.4. The van der Waals surface area contributed by atoms with Gasteiger partial charge in [-0.2, -0.15) is 0 Å². The lowest BCUT2D eigenvalue weighted by Crippen LogP contribution is -2.45. The molecule has 2 aromatic rings. The highest BCUT2D eigenvalue weighted by Gasteiger charge is 2.32. The molecule has 0 unspecified atom stereocenters. The van der Waals surface area contributed by atoms with Gasteiger partial charge in [0.25, 0.3) is 5.91 Å². The van der Waals surface area contributed by atoms with Crippen LogP contribution in [0.5, 0.6) is 5.75 Å². The second kappa shape index (κ2) is 8.24. The van der Waals surface area contributed by atoms with Crippen LogP contribution in [0.1, 0.15) is 38.2 Å². The predicted octanol–water partition coefficient (Wildman–Crippen LogP) is 1.99. The summed E-state index contributed by atoms with van der Waals surface area (Å²) in [6, 6.07) is 6.18. The van der Waals surface area contributed by atoms with Gasteiger partial charge in [0, 0.05) is 24.1 Å². The van der Waals surface area contributed by atoms with Crippen LogP contribution in [0.3, 0.4) is 0 Å². The minimum Gasteiger partial charge on any atom is -0.484 e. The molecule has 144 valence electrons. The minimum atomic E-state index is -0.558. The summed E-state index contributed by atoms with van der Waals surface area (Å²) < 4.78 is 10.9. The first-order valence-electron chi connectivity index (χ1n) is 9.28. The second-order valence-corrected chi connectivity index (χ2v) is 6.79. The van der Waals surface area contributed by atoms with E-state index in [1.807, 2.05) is 6.07 Å². The van der Waals surface area contributed by atoms with Crippen LogP contribution in [-0.4, -0.2) is 35.9 Å². The van der Waals surface area contributed by atoms with Gasteiger partial charge in [-0.25, -0.2) is 4.79 Å². The summed E-state index contributed by atoms with van der Waals surface area (Å²) in [5, 5.41) is 0.870. The zero-order valence-electron chi connectivity index (χ0n) is 15.4. The molecule has 3 rings (SSSR count). The van der Waals surface area contributed by atoms with E-state index in [2.05, 4.69) is 6.92 Å². The summed E-state index contributed by atoms with van der Waals surface area (Å²) in [6.45, 7) is 2.40. The van der Waals surface area contributed by atoms with Crippen LogP contribution in [0.25, 0.3) is 11.0 Å². The first kappa shape index (κ1) is 18.9. The van der Waals surface area contributed by atoms with Crippen molar-refractivity contribution in [1.29, 1.82) is 0 Å². The van der Waals surface area contributed by atoms with E-state index in [1.165, 1.54) is 11.0 Å². The van der Waals surface area contributed by atoms with Gasteiger partial charge in [0.15, 0.2) is 6.61 Å². The van der Waals surface area contributed by atoms with Crippen molar-refractivity contribution < 1.29 is 18.7 Å². The summed E-state index contributed by atoms with van der Waals surface area (Å²) in [5.74, 6) is -0.344. The number of hydrogen-bond acceptors (Lipinski definition) is 5. The van der Waals surface area contributed by atoms with E-state index in [4.69, 9.17) is 14.9 Å². The molecule has 0 bridgehead atoms. The van der Waals surface area contributed by atoms with Crippen LogP contribution in [0, 0.1) is 0 Å². The highest BCUT2D eigenvalue weighted by atomic mass is 16.5. The first-order chi connectivity index (χ1) is 13.0. The first-order valence-corrected chi connectivity index (χ1v) is 9.28. The molecular weight excluding hydrogens is 348 g/mol. The lowest BCUT2D eigenvalue weighted by molar-refractivity contribution is -0.138. The molecule has 1 atom stereocenters. The van der Waals surface area contributed by atoms with Crippen LogP contribution in [-0.2, 0) is 16.0 Å². The third-order valence-electron chi connectivity index (χ3n) is 4.87. The molecule has 0 saturated carbocycles. The number of benzene rings is 1. The Morgan fingerprint density at radius 3 is 2.89 bits per heavy atom. The van der Waals surface area contributed by atoms with E-state index < -0.39 is 17.6 Å². The van der Waals surface area contributed by atoms with E-state index in [9.17, 15) is 14.4 Å². The van der Waals surface area contributed by atoms with Gasteiger partial charge in [-0.1, -0.05) is 13.3 Å². The van der Waals surface area contributed by atoms with Gasteiger partial charge in [-0.3, -0.25) is 9.59 Å². The van der Waals surface area contributed by atoms with Crippen molar-refractivity contribution in [2.24, 2.45) is 5.73 Å². The van der Waals surface area contributed by atoms with Crippen LogP contribution in [0.4, 0.5) is 0 Å². The van der Waals surface area contributed by atoms with Crippen molar-refractivity contribution in [1.82, 2.24) is 4.90 Å². The summed E-state index contributed by atoms with van der Waals surface area (Å²) >= 11 is 0. The lowest BCUT2D eigenvalue weighted by Gasteiger charge is -2.22. The number of amides is 2. The maximum Gasteiger partial charge on any atom is 0.336 e. The van der Waals surface area contributed by atoms with Crippen molar-refractivity contribution in [3.05, 3.63) is 40.2 Å². The van der Waals surface area contributed by atoms with Crippen LogP contribution in [0.15, 0.2) is 33.5 Å². The fourth-order valence-corrected chi connectivity index (χ4v) is 3.46. The molecular formula is C20H24N2O5. The number of likely N-dealkylation sites (tertiary alicyclic amines) is 1. The number of hydrogen-bond donors (Lipinski definition) is 1. The highest BCUT2D eigenvalue weighted by molar-refractivity contribution is 5.88.